The van der Waals surface area contributed by atoms with Gasteiger partial charge in [0.2, 0.25) is 5.91 Å². The first-order valence-corrected chi connectivity index (χ1v) is 8.71. The average Bonchev–Trinajstić information content (AvgIpc) is 2.87. The molecule has 2 fully saturated rings. The van der Waals surface area contributed by atoms with E-state index in [1.165, 1.54) is 5.56 Å². The number of hydrogen-bond acceptors (Lipinski definition) is 5. The zero-order chi connectivity index (χ0) is 16.4. The molecular weight excluding hydrogens is 363 g/mol. The van der Waals surface area contributed by atoms with Crippen LogP contribution >= 0.6 is 24.8 Å². The van der Waals surface area contributed by atoms with Crippen LogP contribution in [0.5, 0.6) is 0 Å². The fourth-order valence-electron chi connectivity index (χ4n) is 3.69. The van der Waals surface area contributed by atoms with E-state index in [1.54, 1.807) is 0 Å². The Bertz CT molecular complexity index is 539. The predicted octanol–water partition coefficient (Wildman–Crippen LogP) is 2.17. The molecule has 2 aliphatic rings. The molecule has 1 amide bonds. The van der Waals surface area contributed by atoms with Crippen molar-refractivity contribution in [3.63, 3.8) is 0 Å². The summed E-state index contributed by atoms with van der Waals surface area (Å²) in [6.07, 6.45) is 1.95. The molecule has 0 radical (unpaired) electrons. The minimum atomic E-state index is 0. The largest absolute Gasteiger partial charge is 0.361 e. The average molecular weight is 393 g/mol. The quantitative estimate of drug-likeness (QED) is 0.853. The summed E-state index contributed by atoms with van der Waals surface area (Å²) in [7, 11) is 0. The van der Waals surface area contributed by atoms with Gasteiger partial charge in [0.25, 0.3) is 0 Å². The van der Waals surface area contributed by atoms with Crippen LogP contribution in [-0.2, 0) is 11.3 Å². The maximum Gasteiger partial charge on any atom is 0.225 e. The third-order valence-electron chi connectivity index (χ3n) is 5.22. The highest BCUT2D eigenvalue weighted by molar-refractivity contribution is 5.85. The lowest BCUT2D eigenvalue weighted by Gasteiger charge is -2.38. The predicted molar refractivity (Wildman–Crippen MR) is 103 cm³/mol. The molecule has 144 valence electrons. The van der Waals surface area contributed by atoms with E-state index in [-0.39, 0.29) is 30.7 Å². The lowest BCUT2D eigenvalue weighted by atomic mass is 9.92. The first kappa shape index (κ1) is 22.2. The summed E-state index contributed by atoms with van der Waals surface area (Å²) in [6.45, 7) is 11.5. The van der Waals surface area contributed by atoms with Crippen LogP contribution < -0.4 is 5.32 Å². The lowest BCUT2D eigenvalue weighted by Crippen LogP contribution is -2.51. The van der Waals surface area contributed by atoms with Gasteiger partial charge in [-0.05, 0) is 40.2 Å². The Hall–Kier alpha value is -0.820. The second kappa shape index (κ2) is 9.76. The van der Waals surface area contributed by atoms with Crippen LogP contribution in [0.25, 0.3) is 0 Å². The number of piperazine rings is 1. The van der Waals surface area contributed by atoms with Gasteiger partial charge in [-0.25, -0.2) is 0 Å². The maximum atomic E-state index is 12.7. The zero-order valence-corrected chi connectivity index (χ0v) is 16.9. The Labute approximate surface area is 162 Å². The third kappa shape index (κ3) is 5.33. The van der Waals surface area contributed by atoms with E-state index >= 15 is 0 Å². The number of nitrogens with zero attached hydrogens (tertiary/aromatic N) is 3. The van der Waals surface area contributed by atoms with E-state index in [0.29, 0.717) is 11.9 Å². The van der Waals surface area contributed by atoms with E-state index < -0.39 is 0 Å². The molecule has 0 saturated carbocycles. The minimum absolute atomic E-state index is 0. The van der Waals surface area contributed by atoms with E-state index in [2.05, 4.69) is 27.2 Å². The van der Waals surface area contributed by atoms with Crippen molar-refractivity contribution < 1.29 is 9.32 Å². The molecule has 1 aromatic rings. The molecule has 2 atom stereocenters. The Morgan fingerprint density at radius 2 is 1.92 bits per heavy atom. The van der Waals surface area contributed by atoms with Crippen molar-refractivity contribution in [3.05, 3.63) is 17.0 Å². The number of carbonyl (C=O) groups excluding carboxylic acids is 1. The number of hydrogen-bond donors (Lipinski definition) is 1. The van der Waals surface area contributed by atoms with Gasteiger partial charge in [-0.15, -0.1) is 24.8 Å². The first-order chi connectivity index (χ1) is 11.0. The highest BCUT2D eigenvalue weighted by Crippen LogP contribution is 2.21. The summed E-state index contributed by atoms with van der Waals surface area (Å²) in [4.78, 5) is 17.1. The molecule has 0 spiro atoms. The van der Waals surface area contributed by atoms with Crippen LogP contribution in [0.1, 0.15) is 36.8 Å². The van der Waals surface area contributed by atoms with Crippen molar-refractivity contribution >= 4 is 30.7 Å². The number of aryl methyl sites for hydroxylation is 2. The van der Waals surface area contributed by atoms with Gasteiger partial charge >= 0.3 is 0 Å². The monoisotopic (exact) mass is 392 g/mol. The van der Waals surface area contributed by atoms with Gasteiger partial charge in [-0.1, -0.05) is 5.16 Å². The number of halogens is 2. The van der Waals surface area contributed by atoms with Gasteiger partial charge < -0.3 is 14.7 Å². The Balaban J connectivity index is 0.00000156. The summed E-state index contributed by atoms with van der Waals surface area (Å²) in [6, 6.07) is 0.457. The van der Waals surface area contributed by atoms with Gasteiger partial charge in [0.05, 0.1) is 5.69 Å². The highest BCUT2D eigenvalue weighted by atomic mass is 35.5. The second-order valence-corrected chi connectivity index (χ2v) is 6.98. The Kier molecular flexibility index (Phi) is 8.68. The molecule has 6 nitrogen and oxygen atoms in total. The van der Waals surface area contributed by atoms with Crippen LogP contribution in [0.3, 0.4) is 0 Å². The second-order valence-electron chi connectivity index (χ2n) is 6.98. The molecule has 8 heteroatoms. The van der Waals surface area contributed by atoms with Crippen LogP contribution in [0, 0.1) is 19.8 Å². The van der Waals surface area contributed by atoms with E-state index in [9.17, 15) is 4.79 Å². The molecule has 3 rings (SSSR count). The smallest absolute Gasteiger partial charge is 0.225 e. The number of carbonyl (C=O) groups is 1. The zero-order valence-electron chi connectivity index (χ0n) is 15.3. The fourth-order valence-corrected chi connectivity index (χ4v) is 3.69. The van der Waals surface area contributed by atoms with E-state index in [1.807, 2.05) is 13.8 Å². The molecule has 0 aromatic carbocycles. The number of piperidine rings is 1. The summed E-state index contributed by atoms with van der Waals surface area (Å²) in [5.74, 6) is 1.47. The topological polar surface area (TPSA) is 61.6 Å². The van der Waals surface area contributed by atoms with Gasteiger partial charge in [-0.2, -0.15) is 0 Å². The molecule has 0 aliphatic carbocycles. The van der Waals surface area contributed by atoms with Crippen molar-refractivity contribution in [2.75, 3.05) is 32.7 Å². The van der Waals surface area contributed by atoms with E-state index in [0.717, 1.165) is 63.6 Å². The molecule has 1 N–H and O–H groups in total. The molecule has 2 saturated heterocycles. The third-order valence-corrected chi connectivity index (χ3v) is 5.22. The van der Waals surface area contributed by atoms with Gasteiger partial charge in [0.15, 0.2) is 0 Å². The van der Waals surface area contributed by atoms with Crippen molar-refractivity contribution in [3.8, 4) is 0 Å². The van der Waals surface area contributed by atoms with Crippen LogP contribution in [0.2, 0.25) is 0 Å². The van der Waals surface area contributed by atoms with Crippen LogP contribution in [0.15, 0.2) is 4.52 Å². The summed E-state index contributed by atoms with van der Waals surface area (Å²) < 4.78 is 5.24. The molecule has 0 unspecified atom stereocenters. The molecule has 3 heterocycles. The number of amides is 1. The summed E-state index contributed by atoms with van der Waals surface area (Å²) in [5.41, 5.74) is 2.17. The highest BCUT2D eigenvalue weighted by Gasteiger charge is 2.30. The molecule has 0 bridgehead atoms. The van der Waals surface area contributed by atoms with Crippen molar-refractivity contribution in [1.82, 2.24) is 20.3 Å². The molecular formula is C17H30Cl2N4O2. The standard InChI is InChI=1S/C17H28N4O2.2ClH/c1-12-10-15(4-5-18-12)17(22)21-8-6-20(7-9-21)11-16-13(2)19-23-14(16)3;;/h12,15,18H,4-11H2,1-3H3;2*1H/t12-,15-;;/m0../s1. The number of nitrogens with one attached hydrogen (secondary N) is 1. The first-order valence-electron chi connectivity index (χ1n) is 8.71. The van der Waals surface area contributed by atoms with E-state index in [4.69, 9.17) is 4.52 Å². The lowest BCUT2D eigenvalue weighted by molar-refractivity contribution is -0.138. The summed E-state index contributed by atoms with van der Waals surface area (Å²) >= 11 is 0. The van der Waals surface area contributed by atoms with Crippen LogP contribution in [0.4, 0.5) is 0 Å². The SMILES string of the molecule is Cc1noc(C)c1CN1CCN(C(=O)[C@H]2CCN[C@@H](C)C2)CC1.Cl.Cl. The Morgan fingerprint density at radius 3 is 2.48 bits per heavy atom. The Morgan fingerprint density at radius 1 is 1.24 bits per heavy atom. The number of rotatable bonds is 3. The van der Waals surface area contributed by atoms with Gasteiger partial charge in [0.1, 0.15) is 5.76 Å². The van der Waals surface area contributed by atoms with Crippen LogP contribution in [-0.4, -0.2) is 59.6 Å². The molecule has 25 heavy (non-hydrogen) atoms. The number of aromatic nitrogens is 1. The fraction of sp³-hybridized carbons (Fsp3) is 0.765. The molecule has 2 aliphatic heterocycles. The molecule has 1 aromatic heterocycles. The van der Waals surface area contributed by atoms with Crippen molar-refractivity contribution in [2.45, 2.75) is 46.2 Å². The van der Waals surface area contributed by atoms with Crippen molar-refractivity contribution in [2.24, 2.45) is 5.92 Å². The van der Waals surface area contributed by atoms with Gasteiger partial charge in [0, 0.05) is 50.2 Å². The maximum absolute atomic E-state index is 12.7. The minimum Gasteiger partial charge on any atom is -0.361 e. The van der Waals surface area contributed by atoms with Gasteiger partial charge in [-0.3, -0.25) is 9.69 Å². The summed E-state index contributed by atoms with van der Waals surface area (Å²) in [5, 5.41) is 7.44. The van der Waals surface area contributed by atoms with Crippen molar-refractivity contribution in [1.29, 1.82) is 0 Å². The normalized spacial score (nSPS) is 24.4.